The topological polar surface area (TPSA) is 109 Å². The standard InChI is InChI=1S/C12H11N5O2S/c1-8-9(2)15-16-12(14-8)17-20(18,19)11-6-4-3-5-10(11)7-13/h3-6H,1-2H3,(H,14,16,17). The lowest BCUT2D eigenvalue weighted by atomic mass is 10.2. The van der Waals surface area contributed by atoms with Crippen LogP contribution in [0, 0.1) is 25.2 Å². The Morgan fingerprint density at radius 2 is 1.85 bits per heavy atom. The van der Waals surface area contributed by atoms with Crippen LogP contribution >= 0.6 is 0 Å². The van der Waals surface area contributed by atoms with E-state index in [0.717, 1.165) is 0 Å². The van der Waals surface area contributed by atoms with Crippen LogP contribution < -0.4 is 4.72 Å². The molecule has 1 aromatic heterocycles. The van der Waals surface area contributed by atoms with Gasteiger partial charge in [0.2, 0.25) is 0 Å². The summed E-state index contributed by atoms with van der Waals surface area (Å²) >= 11 is 0. The molecule has 0 saturated heterocycles. The van der Waals surface area contributed by atoms with Crippen molar-refractivity contribution in [2.75, 3.05) is 4.72 Å². The van der Waals surface area contributed by atoms with E-state index in [4.69, 9.17) is 5.26 Å². The van der Waals surface area contributed by atoms with Crippen LogP contribution in [0.4, 0.5) is 5.95 Å². The Bertz CT molecular complexity index is 796. The number of nitrogens with zero attached hydrogens (tertiary/aromatic N) is 4. The van der Waals surface area contributed by atoms with E-state index in [0.29, 0.717) is 11.4 Å². The van der Waals surface area contributed by atoms with Crippen molar-refractivity contribution >= 4 is 16.0 Å². The Morgan fingerprint density at radius 3 is 2.50 bits per heavy atom. The molecule has 0 aliphatic heterocycles. The number of sulfonamides is 1. The maximum Gasteiger partial charge on any atom is 0.265 e. The lowest BCUT2D eigenvalue weighted by Crippen LogP contribution is -2.17. The van der Waals surface area contributed by atoms with Gasteiger partial charge in [-0.1, -0.05) is 12.1 Å². The van der Waals surface area contributed by atoms with Crippen LogP contribution in [-0.2, 0) is 10.0 Å². The summed E-state index contributed by atoms with van der Waals surface area (Å²) in [4.78, 5) is 3.87. The van der Waals surface area contributed by atoms with E-state index >= 15 is 0 Å². The average molecular weight is 289 g/mol. The summed E-state index contributed by atoms with van der Waals surface area (Å²) in [6.45, 7) is 3.42. The van der Waals surface area contributed by atoms with Gasteiger partial charge in [-0.25, -0.2) is 18.1 Å². The molecule has 1 aromatic carbocycles. The van der Waals surface area contributed by atoms with Crippen molar-refractivity contribution in [1.29, 1.82) is 5.26 Å². The third-order valence-electron chi connectivity index (χ3n) is 2.61. The van der Waals surface area contributed by atoms with Gasteiger partial charge >= 0.3 is 0 Å². The van der Waals surface area contributed by atoms with Gasteiger partial charge in [-0.3, -0.25) is 0 Å². The highest BCUT2D eigenvalue weighted by molar-refractivity contribution is 7.92. The first-order valence-electron chi connectivity index (χ1n) is 5.64. The zero-order valence-electron chi connectivity index (χ0n) is 10.8. The second-order valence-corrected chi connectivity index (χ2v) is 5.67. The molecular weight excluding hydrogens is 278 g/mol. The van der Waals surface area contributed by atoms with Crippen LogP contribution in [-0.4, -0.2) is 23.6 Å². The number of nitrogens with one attached hydrogen (secondary N) is 1. The lowest BCUT2D eigenvalue weighted by molar-refractivity contribution is 0.600. The molecule has 102 valence electrons. The summed E-state index contributed by atoms with van der Waals surface area (Å²) in [6, 6.07) is 7.73. The first kappa shape index (κ1) is 13.9. The Labute approximate surface area is 116 Å². The molecule has 0 aliphatic carbocycles. The van der Waals surface area contributed by atoms with Crippen molar-refractivity contribution in [1.82, 2.24) is 15.2 Å². The summed E-state index contributed by atoms with van der Waals surface area (Å²) in [5.74, 6) is -0.124. The molecule has 1 N–H and O–H groups in total. The number of nitriles is 1. The summed E-state index contributed by atoms with van der Waals surface area (Å²) in [5.41, 5.74) is 1.24. The molecule has 8 heteroatoms. The summed E-state index contributed by atoms with van der Waals surface area (Å²) in [5, 5.41) is 16.4. The number of hydrogen-bond donors (Lipinski definition) is 1. The zero-order chi connectivity index (χ0) is 14.8. The molecule has 0 unspecified atom stereocenters. The summed E-state index contributed by atoms with van der Waals surface area (Å²) in [7, 11) is -3.92. The molecule has 0 radical (unpaired) electrons. The molecule has 0 saturated carbocycles. The summed E-state index contributed by atoms with van der Waals surface area (Å²) < 4.78 is 26.6. The van der Waals surface area contributed by atoms with E-state index in [1.807, 2.05) is 6.07 Å². The van der Waals surface area contributed by atoms with E-state index < -0.39 is 10.0 Å². The van der Waals surface area contributed by atoms with Crippen molar-refractivity contribution < 1.29 is 8.42 Å². The van der Waals surface area contributed by atoms with Gasteiger partial charge in [-0.2, -0.15) is 10.4 Å². The minimum Gasteiger partial charge on any atom is -0.246 e. The van der Waals surface area contributed by atoms with E-state index in [9.17, 15) is 8.42 Å². The maximum atomic E-state index is 12.2. The lowest BCUT2D eigenvalue weighted by Gasteiger charge is -2.08. The third kappa shape index (κ3) is 2.73. The molecule has 2 rings (SSSR count). The van der Waals surface area contributed by atoms with E-state index in [1.54, 1.807) is 19.9 Å². The van der Waals surface area contributed by atoms with Crippen molar-refractivity contribution in [2.45, 2.75) is 18.7 Å². The monoisotopic (exact) mass is 289 g/mol. The molecule has 0 bridgehead atoms. The summed E-state index contributed by atoms with van der Waals surface area (Å²) in [6.07, 6.45) is 0. The minimum absolute atomic E-state index is 0.0526. The van der Waals surface area contributed by atoms with Gasteiger partial charge < -0.3 is 0 Å². The number of aryl methyl sites for hydroxylation is 2. The van der Waals surface area contributed by atoms with Gasteiger partial charge in [0.25, 0.3) is 16.0 Å². The van der Waals surface area contributed by atoms with Crippen LogP contribution in [0.3, 0.4) is 0 Å². The predicted octanol–water partition coefficient (Wildman–Crippen LogP) is 1.16. The second kappa shape index (κ2) is 5.22. The van der Waals surface area contributed by atoms with Gasteiger partial charge in [0.05, 0.1) is 17.0 Å². The predicted molar refractivity (Wildman–Crippen MR) is 71.3 cm³/mol. The van der Waals surface area contributed by atoms with E-state index in [1.165, 1.54) is 18.2 Å². The SMILES string of the molecule is Cc1nnc(NS(=O)(=O)c2ccccc2C#N)nc1C. The minimum atomic E-state index is -3.92. The number of hydrogen-bond acceptors (Lipinski definition) is 6. The van der Waals surface area contributed by atoms with Crippen LogP contribution in [0.5, 0.6) is 0 Å². The van der Waals surface area contributed by atoms with Crippen LogP contribution in [0.25, 0.3) is 0 Å². The maximum absolute atomic E-state index is 12.2. The first-order chi connectivity index (χ1) is 9.44. The van der Waals surface area contributed by atoms with Crippen molar-refractivity contribution in [3.63, 3.8) is 0 Å². The Kier molecular flexibility index (Phi) is 3.63. The number of rotatable bonds is 3. The third-order valence-corrected chi connectivity index (χ3v) is 4.00. The fourth-order valence-electron chi connectivity index (χ4n) is 1.47. The largest absolute Gasteiger partial charge is 0.265 e. The highest BCUT2D eigenvalue weighted by Crippen LogP contribution is 2.17. The Morgan fingerprint density at radius 1 is 1.15 bits per heavy atom. The highest BCUT2D eigenvalue weighted by Gasteiger charge is 2.19. The quantitative estimate of drug-likeness (QED) is 0.908. The Hall–Kier alpha value is -2.53. The van der Waals surface area contributed by atoms with Gasteiger partial charge in [0.15, 0.2) is 0 Å². The normalized spacial score (nSPS) is 10.8. The van der Waals surface area contributed by atoms with E-state index in [-0.39, 0.29) is 16.4 Å². The molecular formula is C12H11N5O2S. The highest BCUT2D eigenvalue weighted by atomic mass is 32.2. The molecule has 0 amide bonds. The van der Waals surface area contributed by atoms with Crippen molar-refractivity contribution in [3.05, 3.63) is 41.2 Å². The molecule has 2 aromatic rings. The molecule has 0 fully saturated rings. The van der Waals surface area contributed by atoms with Crippen LogP contribution in [0.2, 0.25) is 0 Å². The van der Waals surface area contributed by atoms with E-state index in [2.05, 4.69) is 19.9 Å². The second-order valence-electron chi connectivity index (χ2n) is 4.02. The van der Waals surface area contributed by atoms with Gasteiger partial charge in [-0.05, 0) is 26.0 Å². The van der Waals surface area contributed by atoms with Gasteiger partial charge in [0, 0.05) is 0 Å². The number of anilines is 1. The van der Waals surface area contributed by atoms with Gasteiger partial charge in [-0.15, -0.1) is 5.10 Å². The van der Waals surface area contributed by atoms with Crippen molar-refractivity contribution in [3.8, 4) is 6.07 Å². The average Bonchev–Trinajstić information content (AvgIpc) is 2.42. The van der Waals surface area contributed by atoms with Crippen LogP contribution in [0.15, 0.2) is 29.2 Å². The molecule has 1 heterocycles. The fraction of sp³-hybridized carbons (Fsp3) is 0.167. The smallest absolute Gasteiger partial charge is 0.246 e. The van der Waals surface area contributed by atoms with Gasteiger partial charge in [0.1, 0.15) is 11.0 Å². The number of aromatic nitrogens is 3. The number of benzene rings is 1. The molecule has 0 spiro atoms. The fourth-order valence-corrected chi connectivity index (χ4v) is 2.57. The Balaban J connectivity index is 2.41. The molecule has 0 aliphatic rings. The van der Waals surface area contributed by atoms with Crippen molar-refractivity contribution in [2.24, 2.45) is 0 Å². The zero-order valence-corrected chi connectivity index (χ0v) is 11.6. The van der Waals surface area contributed by atoms with Crippen LogP contribution in [0.1, 0.15) is 17.0 Å². The molecule has 0 atom stereocenters. The molecule has 20 heavy (non-hydrogen) atoms. The first-order valence-corrected chi connectivity index (χ1v) is 7.12. The molecule has 7 nitrogen and oxygen atoms in total.